The van der Waals surface area contributed by atoms with Crippen LogP contribution in [0, 0.1) is 0 Å². The maximum atomic E-state index is 9.94. The fraction of sp³-hybridized carbons (Fsp3) is 0.333. The molecule has 0 rings (SSSR count). The molecule has 7 heteroatoms. The topological polar surface area (TPSA) is 74.6 Å². The van der Waals surface area contributed by atoms with Crippen molar-refractivity contribution in [3.8, 4) is 0 Å². The van der Waals surface area contributed by atoms with Gasteiger partial charge in [-0.25, -0.2) is 9.59 Å². The van der Waals surface area contributed by atoms with E-state index in [0.717, 1.165) is 22.6 Å². The van der Waals surface area contributed by atoms with Crippen LogP contribution in [0.1, 0.15) is 0 Å². The van der Waals surface area contributed by atoms with Crippen LogP contribution >= 0.6 is 34.2 Å². The number of hydrogen-bond acceptors (Lipinski definition) is 2. The molecular formula is C3H3ClINaO4. The molecule has 0 bridgehead atoms. The number of carboxylic acids is 2. The molecule has 0 amide bonds. The Morgan fingerprint density at radius 1 is 1.30 bits per heavy atom. The standard InChI is InChI=1S/C3H2ClIO4.Na.H/c4-3(5,1(6)7)2(8)9;;/h(H,6,7)(H,8,9);;. The van der Waals surface area contributed by atoms with E-state index in [1.807, 2.05) is 0 Å². The van der Waals surface area contributed by atoms with Gasteiger partial charge < -0.3 is 10.2 Å². The van der Waals surface area contributed by atoms with Crippen molar-refractivity contribution >= 4 is 75.7 Å². The number of hydrogen-bond donors (Lipinski definition) is 2. The normalized spacial score (nSPS) is 9.80. The molecule has 0 aromatic carbocycles. The summed E-state index contributed by atoms with van der Waals surface area (Å²) in [6.07, 6.45) is 0. The van der Waals surface area contributed by atoms with Crippen LogP contribution in [0.5, 0.6) is 0 Å². The number of aliphatic carboxylic acids is 2. The minimum absolute atomic E-state index is 0. The average Bonchev–Trinajstić information content (AvgIpc) is 1.65. The second-order valence-corrected chi connectivity index (χ2v) is 4.01. The Morgan fingerprint density at radius 3 is 1.50 bits per heavy atom. The van der Waals surface area contributed by atoms with Crippen LogP contribution in [-0.2, 0) is 9.59 Å². The zero-order chi connectivity index (χ0) is 7.65. The Bertz CT molecular complexity index is 143. The average molecular weight is 288 g/mol. The Morgan fingerprint density at radius 2 is 1.50 bits per heavy atom. The van der Waals surface area contributed by atoms with Gasteiger partial charge in [-0.2, -0.15) is 0 Å². The van der Waals surface area contributed by atoms with Gasteiger partial charge in [0, 0.05) is 0 Å². The van der Waals surface area contributed by atoms with Crippen LogP contribution in [-0.4, -0.2) is 54.6 Å². The molecule has 0 saturated heterocycles. The number of halogens is 2. The van der Waals surface area contributed by atoms with Crippen molar-refractivity contribution < 1.29 is 19.8 Å². The maximum absolute atomic E-state index is 9.94. The Kier molecular flexibility index (Phi) is 6.45. The van der Waals surface area contributed by atoms with Gasteiger partial charge in [-0.05, 0) is 22.6 Å². The van der Waals surface area contributed by atoms with E-state index >= 15 is 0 Å². The van der Waals surface area contributed by atoms with Crippen molar-refractivity contribution in [2.45, 2.75) is 2.88 Å². The van der Waals surface area contributed by atoms with Gasteiger partial charge in [0.1, 0.15) is 0 Å². The Hall–Kier alpha value is 0.960. The summed E-state index contributed by atoms with van der Waals surface area (Å²) in [6, 6.07) is 0. The van der Waals surface area contributed by atoms with Gasteiger partial charge in [-0.3, -0.25) is 0 Å². The molecule has 0 aliphatic carbocycles. The van der Waals surface area contributed by atoms with Crippen molar-refractivity contribution in [1.82, 2.24) is 0 Å². The fourth-order valence-electron chi connectivity index (χ4n) is 0.0915. The summed E-state index contributed by atoms with van der Waals surface area (Å²) in [4.78, 5) is 19.9. The molecule has 0 radical (unpaired) electrons. The number of carbonyl (C=O) groups is 2. The van der Waals surface area contributed by atoms with Gasteiger partial charge in [0.05, 0.1) is 0 Å². The van der Waals surface area contributed by atoms with Gasteiger partial charge in [0.2, 0.25) is 0 Å². The summed E-state index contributed by atoms with van der Waals surface area (Å²) in [5.41, 5.74) is 0. The van der Waals surface area contributed by atoms with E-state index in [-0.39, 0.29) is 29.6 Å². The monoisotopic (exact) mass is 288 g/mol. The molecule has 2 N–H and O–H groups in total. The van der Waals surface area contributed by atoms with Crippen molar-refractivity contribution in [2.75, 3.05) is 0 Å². The quantitative estimate of drug-likeness (QED) is 0.321. The van der Waals surface area contributed by atoms with E-state index < -0.39 is 14.8 Å². The molecule has 0 fully saturated rings. The third-order valence-electron chi connectivity index (χ3n) is 0.537. The zero-order valence-electron chi connectivity index (χ0n) is 3.97. The molecule has 4 nitrogen and oxygen atoms in total. The van der Waals surface area contributed by atoms with E-state index in [0.29, 0.717) is 0 Å². The van der Waals surface area contributed by atoms with Gasteiger partial charge in [0.15, 0.2) is 0 Å². The van der Waals surface area contributed by atoms with Crippen LogP contribution in [0.4, 0.5) is 0 Å². The zero-order valence-corrected chi connectivity index (χ0v) is 6.88. The Balaban J connectivity index is 0. The molecule has 0 saturated carbocycles. The summed E-state index contributed by atoms with van der Waals surface area (Å²) in [5, 5.41) is 16.2. The molecule has 0 spiro atoms. The minimum atomic E-state index is -2.22. The second-order valence-electron chi connectivity index (χ2n) is 1.18. The first-order valence-electron chi connectivity index (χ1n) is 1.73. The second kappa shape index (κ2) is 4.76. The predicted octanol–water partition coefficient (Wildman–Crippen LogP) is -0.123. The molecule has 0 atom stereocenters. The van der Waals surface area contributed by atoms with Gasteiger partial charge in [-0.1, -0.05) is 11.6 Å². The van der Waals surface area contributed by atoms with Crippen LogP contribution in [0.3, 0.4) is 0 Å². The molecule has 0 heterocycles. The first kappa shape index (κ1) is 13.5. The number of carboxylic acid groups (broad SMARTS) is 2. The van der Waals surface area contributed by atoms with Gasteiger partial charge >= 0.3 is 41.5 Å². The predicted molar refractivity (Wildman–Crippen MR) is 45.0 cm³/mol. The SMILES string of the molecule is O=C(O)C(Cl)(I)C(=O)O.[NaH]. The molecular weight excluding hydrogens is 285 g/mol. The molecule has 0 aliphatic heterocycles. The molecule has 10 heavy (non-hydrogen) atoms. The molecule has 0 unspecified atom stereocenters. The van der Waals surface area contributed by atoms with Gasteiger partial charge in [-0.15, -0.1) is 0 Å². The fourth-order valence-corrected chi connectivity index (χ4v) is 0.0915. The van der Waals surface area contributed by atoms with Crippen molar-refractivity contribution in [1.29, 1.82) is 0 Å². The van der Waals surface area contributed by atoms with Crippen molar-refractivity contribution in [3.05, 3.63) is 0 Å². The van der Waals surface area contributed by atoms with E-state index in [9.17, 15) is 9.59 Å². The Labute approximate surface area is 97.4 Å². The first-order valence-corrected chi connectivity index (χ1v) is 3.19. The van der Waals surface area contributed by atoms with Crippen molar-refractivity contribution in [2.24, 2.45) is 0 Å². The third kappa shape index (κ3) is 3.38. The molecule has 0 aliphatic rings. The van der Waals surface area contributed by atoms with E-state index in [4.69, 9.17) is 21.8 Å². The summed E-state index contributed by atoms with van der Waals surface area (Å²) < 4.78 is -2.22. The summed E-state index contributed by atoms with van der Waals surface area (Å²) in [6.45, 7) is 0. The molecule has 0 aromatic rings. The van der Waals surface area contributed by atoms with Crippen LogP contribution in [0.25, 0.3) is 0 Å². The summed E-state index contributed by atoms with van der Waals surface area (Å²) in [7, 11) is 0. The number of alkyl halides is 2. The van der Waals surface area contributed by atoms with Gasteiger partial charge in [0.25, 0.3) is 2.88 Å². The van der Waals surface area contributed by atoms with Crippen LogP contribution < -0.4 is 0 Å². The third-order valence-corrected chi connectivity index (χ3v) is 1.78. The summed E-state index contributed by atoms with van der Waals surface area (Å²) in [5.74, 6) is -3.14. The number of rotatable bonds is 2. The van der Waals surface area contributed by atoms with E-state index in [1.54, 1.807) is 0 Å². The summed E-state index contributed by atoms with van der Waals surface area (Å²) >= 11 is 6.12. The first-order chi connectivity index (χ1) is 3.89. The van der Waals surface area contributed by atoms with E-state index in [1.165, 1.54) is 0 Å². The molecule has 54 valence electrons. The van der Waals surface area contributed by atoms with Crippen LogP contribution in [0.15, 0.2) is 0 Å². The van der Waals surface area contributed by atoms with E-state index in [2.05, 4.69) is 0 Å². The van der Waals surface area contributed by atoms with Crippen LogP contribution in [0.2, 0.25) is 0 Å². The molecule has 0 aromatic heterocycles. The van der Waals surface area contributed by atoms with Crippen molar-refractivity contribution in [3.63, 3.8) is 0 Å².